The van der Waals surface area contributed by atoms with Gasteiger partial charge in [-0.1, -0.05) is 24.3 Å². The zero-order valence-electron chi connectivity index (χ0n) is 11.8. The fraction of sp³-hybridized carbons (Fsp3) is 0.0667. The van der Waals surface area contributed by atoms with Crippen molar-refractivity contribution in [3.05, 3.63) is 68.7 Å². The summed E-state index contributed by atoms with van der Waals surface area (Å²) in [5.41, 5.74) is 2.75. The van der Waals surface area contributed by atoms with E-state index >= 15 is 0 Å². The van der Waals surface area contributed by atoms with E-state index in [9.17, 15) is 14.9 Å². The minimum absolute atomic E-state index is 0.0439. The van der Waals surface area contributed by atoms with Gasteiger partial charge in [0.2, 0.25) is 0 Å². The van der Waals surface area contributed by atoms with E-state index in [-0.39, 0.29) is 12.3 Å². The molecule has 0 saturated carbocycles. The number of ether oxygens (including phenoxy) is 1. The molecule has 2 aromatic rings. The highest BCUT2D eigenvalue weighted by Crippen LogP contribution is 2.23. The average molecular weight is 378 g/mol. The minimum Gasteiger partial charge on any atom is -0.483 e. The van der Waals surface area contributed by atoms with Crippen molar-refractivity contribution in [2.45, 2.75) is 0 Å². The summed E-state index contributed by atoms with van der Waals surface area (Å²) in [6.07, 6.45) is 1.32. The largest absolute Gasteiger partial charge is 0.483 e. The van der Waals surface area contributed by atoms with Crippen LogP contribution in [0, 0.1) is 10.1 Å². The molecule has 0 radical (unpaired) electrons. The molecule has 2 rings (SSSR count). The first-order chi connectivity index (χ1) is 11.1. The maximum Gasteiger partial charge on any atom is 0.277 e. The molecule has 118 valence electrons. The lowest BCUT2D eigenvalue weighted by atomic mass is 10.2. The topological polar surface area (TPSA) is 93.8 Å². The molecule has 0 saturated heterocycles. The molecule has 7 nitrogen and oxygen atoms in total. The lowest BCUT2D eigenvalue weighted by Crippen LogP contribution is -2.24. The van der Waals surface area contributed by atoms with E-state index in [0.29, 0.717) is 11.3 Å². The van der Waals surface area contributed by atoms with Gasteiger partial charge in [0.05, 0.1) is 15.6 Å². The van der Waals surface area contributed by atoms with Crippen LogP contribution < -0.4 is 10.2 Å². The van der Waals surface area contributed by atoms with Crippen LogP contribution in [0.25, 0.3) is 0 Å². The van der Waals surface area contributed by atoms with Crippen LogP contribution in [-0.2, 0) is 4.79 Å². The van der Waals surface area contributed by atoms with Crippen LogP contribution in [0.15, 0.2) is 58.1 Å². The maximum absolute atomic E-state index is 11.6. The van der Waals surface area contributed by atoms with Crippen LogP contribution in [0.3, 0.4) is 0 Å². The van der Waals surface area contributed by atoms with Gasteiger partial charge in [0.1, 0.15) is 5.75 Å². The van der Waals surface area contributed by atoms with Gasteiger partial charge < -0.3 is 4.74 Å². The van der Waals surface area contributed by atoms with Crippen LogP contribution in [-0.4, -0.2) is 23.7 Å². The van der Waals surface area contributed by atoms with Crippen LogP contribution in [0.5, 0.6) is 5.75 Å². The normalized spacial score (nSPS) is 10.5. The summed E-state index contributed by atoms with van der Waals surface area (Å²) in [5.74, 6) is 0.104. The number of halogens is 1. The van der Waals surface area contributed by atoms with Crippen molar-refractivity contribution < 1.29 is 14.5 Å². The first-order valence-electron chi connectivity index (χ1n) is 6.50. The number of nitrogens with zero attached hydrogens (tertiary/aromatic N) is 2. The number of hydrogen-bond donors (Lipinski definition) is 1. The van der Waals surface area contributed by atoms with Crippen molar-refractivity contribution in [3.63, 3.8) is 0 Å². The van der Waals surface area contributed by atoms with Gasteiger partial charge in [-0.3, -0.25) is 14.9 Å². The molecule has 0 bridgehead atoms. The van der Waals surface area contributed by atoms with Crippen molar-refractivity contribution in [1.82, 2.24) is 5.43 Å². The van der Waals surface area contributed by atoms with Gasteiger partial charge in [-0.25, -0.2) is 5.43 Å². The molecule has 2 aromatic carbocycles. The first-order valence-corrected chi connectivity index (χ1v) is 7.29. The summed E-state index contributed by atoms with van der Waals surface area (Å²) in [7, 11) is 0. The number of nitro groups is 1. The van der Waals surface area contributed by atoms with Gasteiger partial charge in [0.15, 0.2) is 6.61 Å². The molecule has 0 heterocycles. The Bertz CT molecular complexity index is 749. The second kappa shape index (κ2) is 8.04. The highest BCUT2D eigenvalue weighted by Gasteiger charge is 2.05. The number of hydrogen-bond acceptors (Lipinski definition) is 5. The molecule has 0 fully saturated rings. The highest BCUT2D eigenvalue weighted by molar-refractivity contribution is 9.10. The molecular formula is C15H12BrN3O4. The minimum atomic E-state index is -0.499. The van der Waals surface area contributed by atoms with Crippen LogP contribution >= 0.6 is 15.9 Å². The molecule has 0 aliphatic carbocycles. The number of amides is 1. The van der Waals surface area contributed by atoms with E-state index in [4.69, 9.17) is 4.74 Å². The number of nitro benzene ring substituents is 1. The molecule has 0 spiro atoms. The quantitative estimate of drug-likeness (QED) is 0.475. The van der Waals surface area contributed by atoms with Crippen molar-refractivity contribution in [2.24, 2.45) is 5.10 Å². The molecule has 1 N–H and O–H groups in total. The standard InChI is InChI=1S/C15H12BrN3O4/c16-13-6-1-2-7-14(13)23-10-15(20)18-17-9-11-4-3-5-12(8-11)19(21)22/h1-9H,10H2,(H,18,20)/b17-9+. The molecule has 0 aliphatic rings. The van der Waals surface area contributed by atoms with Crippen LogP contribution in [0.4, 0.5) is 5.69 Å². The van der Waals surface area contributed by atoms with Gasteiger partial charge >= 0.3 is 0 Å². The van der Waals surface area contributed by atoms with Gasteiger partial charge in [0.25, 0.3) is 11.6 Å². The number of carbonyl (C=O) groups is 1. The third-order valence-corrected chi connectivity index (χ3v) is 3.33. The molecule has 23 heavy (non-hydrogen) atoms. The molecule has 0 aliphatic heterocycles. The molecule has 0 atom stereocenters. The zero-order valence-corrected chi connectivity index (χ0v) is 13.4. The average Bonchev–Trinajstić information content (AvgIpc) is 2.54. The van der Waals surface area contributed by atoms with E-state index in [2.05, 4.69) is 26.5 Å². The Balaban J connectivity index is 1.85. The summed E-state index contributed by atoms with van der Waals surface area (Å²) in [6.45, 7) is -0.200. The Labute approximate surface area is 140 Å². The van der Waals surface area contributed by atoms with Gasteiger partial charge in [-0.15, -0.1) is 0 Å². The summed E-state index contributed by atoms with van der Waals surface area (Å²) >= 11 is 3.31. The Morgan fingerprint density at radius 2 is 2.09 bits per heavy atom. The van der Waals surface area contributed by atoms with Crippen molar-refractivity contribution in [1.29, 1.82) is 0 Å². The van der Waals surface area contributed by atoms with Crippen LogP contribution in [0.2, 0.25) is 0 Å². The lowest BCUT2D eigenvalue weighted by molar-refractivity contribution is -0.384. The molecule has 1 amide bonds. The van der Waals surface area contributed by atoms with Crippen molar-refractivity contribution in [2.75, 3.05) is 6.61 Å². The van der Waals surface area contributed by atoms with Gasteiger partial charge in [0, 0.05) is 17.7 Å². The van der Waals surface area contributed by atoms with Gasteiger partial charge in [-0.05, 0) is 28.1 Å². The Morgan fingerprint density at radius 1 is 1.30 bits per heavy atom. The highest BCUT2D eigenvalue weighted by atomic mass is 79.9. The Hall–Kier alpha value is -2.74. The second-order valence-electron chi connectivity index (χ2n) is 4.36. The molecule has 0 aromatic heterocycles. The van der Waals surface area contributed by atoms with Crippen molar-refractivity contribution >= 4 is 33.7 Å². The Morgan fingerprint density at radius 3 is 2.83 bits per heavy atom. The van der Waals surface area contributed by atoms with E-state index in [1.807, 2.05) is 6.07 Å². The summed E-state index contributed by atoms with van der Waals surface area (Å²) in [5, 5.41) is 14.4. The van der Waals surface area contributed by atoms with E-state index in [1.165, 1.54) is 24.4 Å². The number of benzene rings is 2. The van der Waals surface area contributed by atoms with Crippen molar-refractivity contribution in [3.8, 4) is 5.75 Å². The van der Waals surface area contributed by atoms with E-state index in [0.717, 1.165) is 4.47 Å². The third-order valence-electron chi connectivity index (χ3n) is 2.68. The van der Waals surface area contributed by atoms with E-state index < -0.39 is 10.8 Å². The van der Waals surface area contributed by atoms with E-state index in [1.54, 1.807) is 24.3 Å². The first kappa shape index (κ1) is 16.6. The molecular weight excluding hydrogens is 366 g/mol. The number of nitrogens with one attached hydrogen (secondary N) is 1. The number of carbonyl (C=O) groups excluding carboxylic acids is 1. The monoisotopic (exact) mass is 377 g/mol. The third kappa shape index (κ3) is 5.19. The number of non-ortho nitro benzene ring substituents is 1. The van der Waals surface area contributed by atoms with Crippen LogP contribution in [0.1, 0.15) is 5.56 Å². The molecule has 0 unspecified atom stereocenters. The number of para-hydroxylation sites is 1. The maximum atomic E-state index is 11.6. The number of rotatable bonds is 6. The second-order valence-corrected chi connectivity index (χ2v) is 5.22. The predicted octanol–water partition coefficient (Wildman–Crippen LogP) is 2.89. The Kier molecular flexibility index (Phi) is 5.81. The summed E-state index contributed by atoms with van der Waals surface area (Å²) < 4.78 is 6.07. The number of hydrazone groups is 1. The lowest BCUT2D eigenvalue weighted by Gasteiger charge is -2.06. The summed E-state index contributed by atoms with van der Waals surface area (Å²) in [6, 6.07) is 13.1. The SMILES string of the molecule is O=C(COc1ccccc1Br)N/N=C/c1cccc([N+](=O)[O-])c1. The van der Waals surface area contributed by atoms with Gasteiger partial charge in [-0.2, -0.15) is 5.10 Å². The fourth-order valence-electron chi connectivity index (χ4n) is 1.63. The fourth-order valence-corrected chi connectivity index (χ4v) is 2.03. The molecule has 8 heteroatoms. The smallest absolute Gasteiger partial charge is 0.277 e. The predicted molar refractivity (Wildman–Crippen MR) is 88.5 cm³/mol. The summed E-state index contributed by atoms with van der Waals surface area (Å²) in [4.78, 5) is 21.8. The zero-order chi connectivity index (χ0) is 16.7.